The Balaban J connectivity index is 1.65. The molecule has 1 aliphatic carbocycles. The molecule has 0 spiro atoms. The lowest BCUT2D eigenvalue weighted by molar-refractivity contribution is -0.122. The van der Waals surface area contributed by atoms with Gasteiger partial charge in [0.05, 0.1) is 7.11 Å². The molecule has 2 rings (SSSR count). The number of amides is 1. The van der Waals surface area contributed by atoms with Crippen LogP contribution in [0, 0.1) is 5.92 Å². The Bertz CT molecular complexity index is 588. The van der Waals surface area contributed by atoms with E-state index in [0.717, 1.165) is 30.6 Å². The highest BCUT2D eigenvalue weighted by Gasteiger charge is 2.28. The molecule has 1 saturated carbocycles. The van der Waals surface area contributed by atoms with Gasteiger partial charge in [-0.25, -0.2) is 0 Å². The zero-order chi connectivity index (χ0) is 17.4. The molecule has 0 saturated heterocycles. The van der Waals surface area contributed by atoms with Crippen LogP contribution in [0.5, 0.6) is 5.75 Å². The second-order valence-corrected chi connectivity index (χ2v) is 6.11. The van der Waals surface area contributed by atoms with Gasteiger partial charge in [-0.2, -0.15) is 0 Å². The molecule has 1 aromatic carbocycles. The minimum absolute atomic E-state index is 0.161. The number of aliphatic imine (C=N–C) groups is 1. The highest BCUT2D eigenvalue weighted by atomic mass is 35.5. The van der Waals surface area contributed by atoms with Crippen LogP contribution in [0.1, 0.15) is 18.4 Å². The summed E-state index contributed by atoms with van der Waals surface area (Å²) in [6.07, 6.45) is 2.83. The molecular weight excluding hydrogens is 328 g/mol. The molecule has 0 unspecified atom stereocenters. The summed E-state index contributed by atoms with van der Waals surface area (Å²) in [5.74, 6) is 1.87. The van der Waals surface area contributed by atoms with E-state index in [4.69, 9.17) is 16.3 Å². The van der Waals surface area contributed by atoms with Crippen LogP contribution >= 0.6 is 11.6 Å². The number of ether oxygens (including phenoxy) is 1. The molecule has 24 heavy (non-hydrogen) atoms. The number of guanidine groups is 1. The van der Waals surface area contributed by atoms with Crippen molar-refractivity contribution in [2.45, 2.75) is 19.3 Å². The summed E-state index contributed by atoms with van der Waals surface area (Å²) in [5.41, 5.74) is 1.05. The zero-order valence-electron chi connectivity index (χ0n) is 14.2. The van der Waals surface area contributed by atoms with E-state index in [-0.39, 0.29) is 11.8 Å². The van der Waals surface area contributed by atoms with E-state index in [1.165, 1.54) is 0 Å². The first kappa shape index (κ1) is 18.4. The Labute approximate surface area is 148 Å². The fraction of sp³-hybridized carbons (Fsp3) is 0.529. The van der Waals surface area contributed by atoms with Crippen molar-refractivity contribution in [1.29, 1.82) is 0 Å². The second kappa shape index (κ2) is 9.37. The summed E-state index contributed by atoms with van der Waals surface area (Å²) in [7, 11) is 3.34. The minimum Gasteiger partial charge on any atom is -0.497 e. The highest BCUT2D eigenvalue weighted by molar-refractivity contribution is 6.31. The maximum absolute atomic E-state index is 11.5. The van der Waals surface area contributed by atoms with Crippen LogP contribution in [0.25, 0.3) is 0 Å². The van der Waals surface area contributed by atoms with Gasteiger partial charge in [0.2, 0.25) is 5.91 Å². The van der Waals surface area contributed by atoms with E-state index in [1.807, 2.05) is 18.2 Å². The van der Waals surface area contributed by atoms with Gasteiger partial charge in [-0.15, -0.1) is 0 Å². The fourth-order valence-electron chi connectivity index (χ4n) is 2.25. The van der Waals surface area contributed by atoms with Gasteiger partial charge in [-0.05, 0) is 37.0 Å². The van der Waals surface area contributed by atoms with Crippen LogP contribution in [0.4, 0.5) is 0 Å². The molecular formula is C17H25ClN4O2. The van der Waals surface area contributed by atoms with Crippen LogP contribution in [0.15, 0.2) is 23.2 Å². The third kappa shape index (κ3) is 5.92. The quantitative estimate of drug-likeness (QED) is 0.377. The molecule has 0 atom stereocenters. The van der Waals surface area contributed by atoms with E-state index in [9.17, 15) is 4.79 Å². The molecule has 0 bridgehead atoms. The number of hydrogen-bond acceptors (Lipinski definition) is 3. The summed E-state index contributed by atoms with van der Waals surface area (Å²) < 4.78 is 5.14. The van der Waals surface area contributed by atoms with Crippen LogP contribution in [-0.4, -0.2) is 45.7 Å². The summed E-state index contributed by atoms with van der Waals surface area (Å²) >= 11 is 6.23. The van der Waals surface area contributed by atoms with Gasteiger partial charge in [0.1, 0.15) is 5.75 Å². The predicted octanol–water partition coefficient (Wildman–Crippen LogP) is 1.58. The van der Waals surface area contributed by atoms with Crippen LogP contribution in [-0.2, 0) is 11.2 Å². The summed E-state index contributed by atoms with van der Waals surface area (Å²) in [6.45, 7) is 1.95. The number of carbonyl (C=O) groups is 1. The SMILES string of the molecule is CN=C(NCCNC(=O)C1CC1)NCCc1ccc(OC)cc1Cl. The van der Waals surface area contributed by atoms with Crippen molar-refractivity contribution >= 4 is 23.5 Å². The maximum Gasteiger partial charge on any atom is 0.223 e. The van der Waals surface area contributed by atoms with Crippen molar-refractivity contribution in [2.75, 3.05) is 33.8 Å². The summed E-state index contributed by atoms with van der Waals surface area (Å²) in [6, 6.07) is 5.68. The normalized spacial score (nSPS) is 14.2. The number of halogens is 1. The number of carbonyl (C=O) groups excluding carboxylic acids is 1. The van der Waals surface area contributed by atoms with Gasteiger partial charge in [0, 0.05) is 37.6 Å². The largest absolute Gasteiger partial charge is 0.497 e. The molecule has 1 amide bonds. The van der Waals surface area contributed by atoms with E-state index in [2.05, 4.69) is 20.9 Å². The molecule has 1 aromatic rings. The lowest BCUT2D eigenvalue weighted by Crippen LogP contribution is -2.42. The van der Waals surface area contributed by atoms with Gasteiger partial charge < -0.3 is 20.7 Å². The second-order valence-electron chi connectivity index (χ2n) is 5.70. The van der Waals surface area contributed by atoms with E-state index in [0.29, 0.717) is 30.6 Å². The Morgan fingerprint density at radius 1 is 1.25 bits per heavy atom. The number of rotatable bonds is 8. The lowest BCUT2D eigenvalue weighted by atomic mass is 10.1. The number of nitrogens with zero attached hydrogens (tertiary/aromatic N) is 1. The Morgan fingerprint density at radius 3 is 2.58 bits per heavy atom. The molecule has 6 nitrogen and oxygen atoms in total. The van der Waals surface area contributed by atoms with Gasteiger partial charge in [-0.3, -0.25) is 9.79 Å². The third-order valence-electron chi connectivity index (χ3n) is 3.84. The molecule has 0 aromatic heterocycles. The molecule has 7 heteroatoms. The first-order valence-corrected chi connectivity index (χ1v) is 8.56. The average molecular weight is 353 g/mol. The first-order chi connectivity index (χ1) is 11.6. The van der Waals surface area contributed by atoms with Crippen LogP contribution in [0.2, 0.25) is 5.02 Å². The van der Waals surface area contributed by atoms with E-state index < -0.39 is 0 Å². The van der Waals surface area contributed by atoms with Crippen LogP contribution < -0.4 is 20.7 Å². The molecule has 0 aliphatic heterocycles. The summed E-state index contributed by atoms with van der Waals surface area (Å²) in [4.78, 5) is 15.7. The molecule has 0 radical (unpaired) electrons. The molecule has 1 aliphatic rings. The predicted molar refractivity (Wildman–Crippen MR) is 96.8 cm³/mol. The van der Waals surface area contributed by atoms with Crippen LogP contribution in [0.3, 0.4) is 0 Å². The molecule has 3 N–H and O–H groups in total. The number of hydrogen-bond donors (Lipinski definition) is 3. The van der Waals surface area contributed by atoms with Crippen molar-refractivity contribution in [1.82, 2.24) is 16.0 Å². The van der Waals surface area contributed by atoms with E-state index in [1.54, 1.807) is 14.2 Å². The Morgan fingerprint density at radius 2 is 1.96 bits per heavy atom. The molecule has 132 valence electrons. The zero-order valence-corrected chi connectivity index (χ0v) is 14.9. The monoisotopic (exact) mass is 352 g/mol. The first-order valence-electron chi connectivity index (χ1n) is 8.18. The van der Waals surface area contributed by atoms with E-state index >= 15 is 0 Å². The van der Waals surface area contributed by atoms with Crippen molar-refractivity contribution in [3.05, 3.63) is 28.8 Å². The van der Waals surface area contributed by atoms with Gasteiger partial charge in [-0.1, -0.05) is 17.7 Å². The van der Waals surface area contributed by atoms with Gasteiger partial charge in [0.25, 0.3) is 0 Å². The maximum atomic E-state index is 11.5. The number of benzene rings is 1. The third-order valence-corrected chi connectivity index (χ3v) is 4.19. The van der Waals surface area contributed by atoms with Crippen molar-refractivity contribution < 1.29 is 9.53 Å². The Kier molecular flexibility index (Phi) is 7.18. The smallest absolute Gasteiger partial charge is 0.223 e. The van der Waals surface area contributed by atoms with Gasteiger partial charge in [0.15, 0.2) is 5.96 Å². The van der Waals surface area contributed by atoms with Crippen molar-refractivity contribution in [2.24, 2.45) is 10.9 Å². The summed E-state index contributed by atoms with van der Waals surface area (Å²) in [5, 5.41) is 10.0. The van der Waals surface area contributed by atoms with Crippen molar-refractivity contribution in [3.63, 3.8) is 0 Å². The molecule has 0 heterocycles. The Hall–Kier alpha value is -1.95. The number of methoxy groups -OCH3 is 1. The van der Waals surface area contributed by atoms with Crippen molar-refractivity contribution in [3.8, 4) is 5.75 Å². The highest BCUT2D eigenvalue weighted by Crippen LogP contribution is 2.28. The standard InChI is InChI=1S/C17H25ClN4O2/c1-19-17(22-10-9-20-16(23)13-3-4-13)21-8-7-12-5-6-14(24-2)11-15(12)18/h5-6,11,13H,3-4,7-10H2,1-2H3,(H,20,23)(H2,19,21,22). The topological polar surface area (TPSA) is 74.8 Å². The number of nitrogens with one attached hydrogen (secondary N) is 3. The molecule has 1 fully saturated rings. The lowest BCUT2D eigenvalue weighted by Gasteiger charge is -2.13. The average Bonchev–Trinajstić information content (AvgIpc) is 3.43. The minimum atomic E-state index is 0.161. The fourth-order valence-corrected chi connectivity index (χ4v) is 2.52. The van der Waals surface area contributed by atoms with Gasteiger partial charge >= 0.3 is 0 Å².